The maximum absolute atomic E-state index is 11.4. The third-order valence-electron chi connectivity index (χ3n) is 1.89. The van der Waals surface area contributed by atoms with E-state index in [0.717, 1.165) is 0 Å². The number of nitrogens with zero attached hydrogens (tertiary/aromatic N) is 2. The Morgan fingerprint density at radius 3 is 2.80 bits per heavy atom. The molecule has 1 amide bonds. The van der Waals surface area contributed by atoms with Gasteiger partial charge in [-0.2, -0.15) is 5.10 Å². The topological polar surface area (TPSA) is 82.7 Å². The lowest BCUT2D eigenvalue weighted by molar-refractivity contribution is -0.121. The smallest absolute Gasteiger partial charge is 0.234 e. The summed E-state index contributed by atoms with van der Waals surface area (Å²) in [7, 11) is 0. The van der Waals surface area contributed by atoms with Gasteiger partial charge in [-0.1, -0.05) is 13.8 Å². The zero-order valence-corrected chi connectivity index (χ0v) is 9.24. The molecule has 15 heavy (non-hydrogen) atoms. The number of rotatable bonds is 5. The number of amides is 1. The van der Waals surface area contributed by atoms with Crippen LogP contribution in [-0.4, -0.2) is 33.7 Å². The van der Waals surface area contributed by atoms with Crippen molar-refractivity contribution in [1.82, 2.24) is 25.8 Å². The largest absolute Gasteiger partial charge is 0.345 e. The normalized spacial score (nSPS) is 12.8. The van der Waals surface area contributed by atoms with E-state index in [9.17, 15) is 4.79 Å². The predicted molar refractivity (Wildman–Crippen MR) is 56.1 cm³/mol. The Morgan fingerprint density at radius 2 is 2.27 bits per heavy atom. The van der Waals surface area contributed by atoms with Crippen LogP contribution in [0.4, 0.5) is 0 Å². The second-order valence-corrected chi connectivity index (χ2v) is 3.70. The van der Waals surface area contributed by atoms with E-state index in [1.807, 2.05) is 20.8 Å². The van der Waals surface area contributed by atoms with Crippen LogP contribution < -0.4 is 10.6 Å². The van der Waals surface area contributed by atoms with Gasteiger partial charge < -0.3 is 10.6 Å². The van der Waals surface area contributed by atoms with E-state index in [4.69, 9.17) is 0 Å². The number of nitrogens with one attached hydrogen (secondary N) is 3. The minimum Gasteiger partial charge on any atom is -0.345 e. The van der Waals surface area contributed by atoms with Crippen molar-refractivity contribution in [3.05, 3.63) is 12.2 Å². The highest BCUT2D eigenvalue weighted by Gasteiger charge is 2.11. The number of H-pyrrole nitrogens is 1. The number of carbonyl (C=O) groups is 1. The third-order valence-corrected chi connectivity index (χ3v) is 1.89. The molecule has 0 saturated heterocycles. The molecule has 0 saturated carbocycles. The summed E-state index contributed by atoms with van der Waals surface area (Å²) >= 11 is 0. The van der Waals surface area contributed by atoms with Gasteiger partial charge in [0.25, 0.3) is 0 Å². The summed E-state index contributed by atoms with van der Waals surface area (Å²) in [4.78, 5) is 15.4. The minimum atomic E-state index is -0.144. The highest BCUT2D eigenvalue weighted by atomic mass is 16.2. The summed E-state index contributed by atoms with van der Waals surface area (Å²) in [6.07, 6.45) is 1.42. The van der Waals surface area contributed by atoms with Gasteiger partial charge in [0.05, 0.1) is 12.6 Å². The number of carbonyl (C=O) groups excluding carboxylic acids is 1. The fourth-order valence-electron chi connectivity index (χ4n) is 1.08. The van der Waals surface area contributed by atoms with Crippen molar-refractivity contribution >= 4 is 5.91 Å². The highest BCUT2D eigenvalue weighted by molar-refractivity contribution is 5.78. The summed E-state index contributed by atoms with van der Waals surface area (Å²) < 4.78 is 0. The molecule has 1 unspecified atom stereocenters. The zero-order chi connectivity index (χ0) is 11.3. The molecule has 0 aliphatic heterocycles. The second-order valence-electron chi connectivity index (χ2n) is 3.70. The van der Waals surface area contributed by atoms with E-state index in [1.165, 1.54) is 6.33 Å². The number of hydrogen-bond acceptors (Lipinski definition) is 4. The Labute approximate surface area is 88.9 Å². The zero-order valence-electron chi connectivity index (χ0n) is 9.24. The van der Waals surface area contributed by atoms with Crippen molar-refractivity contribution in [2.75, 3.05) is 6.54 Å². The standard InChI is InChI=1S/C9H17N5O/c1-6(2)10-4-8(15)13-7(3)9-11-5-12-14-9/h5-7,10H,4H2,1-3H3,(H,13,15)(H,11,12,14). The van der Waals surface area contributed by atoms with Crippen molar-refractivity contribution < 1.29 is 4.79 Å². The molecule has 1 atom stereocenters. The Bertz CT molecular complexity index is 295. The van der Waals surface area contributed by atoms with Gasteiger partial charge in [0.2, 0.25) is 5.91 Å². The van der Waals surface area contributed by atoms with Gasteiger partial charge >= 0.3 is 0 Å². The average molecular weight is 211 g/mol. The molecule has 0 bridgehead atoms. The van der Waals surface area contributed by atoms with Crippen molar-refractivity contribution in [2.24, 2.45) is 0 Å². The Balaban J connectivity index is 2.32. The van der Waals surface area contributed by atoms with Crippen molar-refractivity contribution in [1.29, 1.82) is 0 Å². The van der Waals surface area contributed by atoms with Crippen LogP contribution in [0.3, 0.4) is 0 Å². The molecule has 84 valence electrons. The quantitative estimate of drug-likeness (QED) is 0.639. The molecule has 0 aliphatic rings. The molecule has 1 aromatic rings. The van der Waals surface area contributed by atoms with Crippen LogP contribution in [0.1, 0.15) is 32.6 Å². The molecular formula is C9H17N5O. The first-order chi connectivity index (χ1) is 7.09. The summed E-state index contributed by atoms with van der Waals surface area (Å²) in [6, 6.07) is 0.158. The first-order valence-corrected chi connectivity index (χ1v) is 4.97. The average Bonchev–Trinajstić information content (AvgIpc) is 2.67. The molecule has 0 fully saturated rings. The first kappa shape index (κ1) is 11.6. The Kier molecular flexibility index (Phi) is 4.23. The monoisotopic (exact) mass is 211 g/mol. The molecule has 1 rings (SSSR count). The van der Waals surface area contributed by atoms with Crippen LogP contribution in [0.25, 0.3) is 0 Å². The molecule has 6 heteroatoms. The first-order valence-electron chi connectivity index (χ1n) is 4.97. The SMILES string of the molecule is CC(C)NCC(=O)NC(C)c1ncn[nH]1. The lowest BCUT2D eigenvalue weighted by atomic mass is 10.3. The van der Waals surface area contributed by atoms with Crippen LogP contribution in [0, 0.1) is 0 Å². The highest BCUT2D eigenvalue weighted by Crippen LogP contribution is 2.02. The van der Waals surface area contributed by atoms with Crippen LogP contribution >= 0.6 is 0 Å². The van der Waals surface area contributed by atoms with Crippen LogP contribution in [0.15, 0.2) is 6.33 Å². The molecular weight excluding hydrogens is 194 g/mol. The van der Waals surface area contributed by atoms with E-state index in [0.29, 0.717) is 18.4 Å². The van der Waals surface area contributed by atoms with Crippen LogP contribution in [0.2, 0.25) is 0 Å². The molecule has 0 radical (unpaired) electrons. The van der Waals surface area contributed by atoms with Gasteiger partial charge in [-0.25, -0.2) is 4.98 Å². The number of hydrogen-bond donors (Lipinski definition) is 3. The van der Waals surface area contributed by atoms with E-state index >= 15 is 0 Å². The maximum atomic E-state index is 11.4. The Hall–Kier alpha value is -1.43. The van der Waals surface area contributed by atoms with Gasteiger partial charge in [-0.15, -0.1) is 0 Å². The summed E-state index contributed by atoms with van der Waals surface area (Å²) in [5.74, 6) is 0.612. The molecule has 1 aromatic heterocycles. The van der Waals surface area contributed by atoms with Crippen LogP contribution in [0.5, 0.6) is 0 Å². The Morgan fingerprint density at radius 1 is 1.53 bits per heavy atom. The molecule has 6 nitrogen and oxygen atoms in total. The van der Waals surface area contributed by atoms with Gasteiger partial charge in [0.1, 0.15) is 12.2 Å². The van der Waals surface area contributed by atoms with Crippen LogP contribution in [-0.2, 0) is 4.79 Å². The molecule has 3 N–H and O–H groups in total. The molecule has 1 heterocycles. The van der Waals surface area contributed by atoms with E-state index in [2.05, 4.69) is 25.8 Å². The lowest BCUT2D eigenvalue weighted by Gasteiger charge is -2.12. The molecule has 0 aliphatic carbocycles. The summed E-state index contributed by atoms with van der Waals surface area (Å²) in [5, 5.41) is 12.3. The summed E-state index contributed by atoms with van der Waals surface area (Å²) in [6.45, 7) is 6.16. The number of aromatic amines is 1. The van der Waals surface area contributed by atoms with Crippen molar-refractivity contribution in [3.63, 3.8) is 0 Å². The second kappa shape index (κ2) is 5.45. The van der Waals surface area contributed by atoms with E-state index in [-0.39, 0.29) is 11.9 Å². The number of aromatic nitrogens is 3. The summed E-state index contributed by atoms with van der Waals surface area (Å²) in [5.41, 5.74) is 0. The van der Waals surface area contributed by atoms with Crippen molar-refractivity contribution in [2.45, 2.75) is 32.9 Å². The third kappa shape index (κ3) is 4.07. The maximum Gasteiger partial charge on any atom is 0.234 e. The fraction of sp³-hybridized carbons (Fsp3) is 0.667. The van der Waals surface area contributed by atoms with Gasteiger partial charge in [0, 0.05) is 6.04 Å². The van der Waals surface area contributed by atoms with Gasteiger partial charge in [0.15, 0.2) is 0 Å². The minimum absolute atomic E-state index is 0.0485. The lowest BCUT2D eigenvalue weighted by Crippen LogP contribution is -2.38. The van der Waals surface area contributed by atoms with E-state index < -0.39 is 0 Å². The predicted octanol–water partition coefficient (Wildman–Crippen LogP) is -0.0201. The van der Waals surface area contributed by atoms with E-state index in [1.54, 1.807) is 0 Å². The molecule has 0 spiro atoms. The fourth-order valence-corrected chi connectivity index (χ4v) is 1.08. The molecule has 0 aromatic carbocycles. The van der Waals surface area contributed by atoms with Gasteiger partial charge in [-0.3, -0.25) is 9.89 Å². The van der Waals surface area contributed by atoms with Gasteiger partial charge in [-0.05, 0) is 6.92 Å². The van der Waals surface area contributed by atoms with Crippen molar-refractivity contribution in [3.8, 4) is 0 Å².